The van der Waals surface area contributed by atoms with Crippen molar-refractivity contribution >= 4 is 5.91 Å². The molecule has 0 unspecified atom stereocenters. The lowest BCUT2D eigenvalue weighted by Gasteiger charge is -2.30. The molecule has 6 heteroatoms. The highest BCUT2D eigenvalue weighted by molar-refractivity contribution is 5.79. The molecule has 2 heterocycles. The number of hydrogen-bond acceptors (Lipinski definition) is 4. The molecule has 1 saturated heterocycles. The molecule has 2 aliphatic rings. The Morgan fingerprint density at radius 2 is 2.16 bits per heavy atom. The molecule has 1 aromatic heterocycles. The molecule has 0 radical (unpaired) electrons. The number of likely N-dealkylation sites (tertiary alicyclic amines) is 1. The van der Waals surface area contributed by atoms with Gasteiger partial charge in [0.2, 0.25) is 5.91 Å². The summed E-state index contributed by atoms with van der Waals surface area (Å²) in [6, 6.07) is 0.487. The first kappa shape index (κ1) is 18.4. The second kappa shape index (κ2) is 7.87. The standard InChI is InChI=1S/C19H32N4O2/c1-14(2)21(3)12-19(24)23-8-7-18(25-13-15-5-6-15)17(23)9-16-10-20-22(4)11-16/h10-11,14-15,17-18H,5-9,12-13H2,1-4H3/t17-,18+/m0/s1. The number of nitrogens with zero attached hydrogens (tertiary/aromatic N) is 4. The van der Waals surface area contributed by atoms with Crippen molar-refractivity contribution in [2.24, 2.45) is 13.0 Å². The van der Waals surface area contributed by atoms with Gasteiger partial charge in [0.05, 0.1) is 24.9 Å². The summed E-state index contributed by atoms with van der Waals surface area (Å²) in [5.41, 5.74) is 1.17. The summed E-state index contributed by atoms with van der Waals surface area (Å²) in [7, 11) is 3.94. The van der Waals surface area contributed by atoms with Crippen LogP contribution in [-0.4, -0.2) is 70.4 Å². The second-order valence-corrected chi connectivity index (χ2v) is 7.99. The second-order valence-electron chi connectivity index (χ2n) is 7.99. The molecule has 1 aliphatic carbocycles. The summed E-state index contributed by atoms with van der Waals surface area (Å²) in [6.07, 6.45) is 8.44. The topological polar surface area (TPSA) is 50.6 Å². The zero-order valence-electron chi connectivity index (χ0n) is 16.0. The van der Waals surface area contributed by atoms with Crippen LogP contribution in [0.2, 0.25) is 0 Å². The number of amides is 1. The van der Waals surface area contributed by atoms with E-state index in [1.165, 1.54) is 18.4 Å². The maximum absolute atomic E-state index is 12.9. The quantitative estimate of drug-likeness (QED) is 0.717. The average Bonchev–Trinajstić information content (AvgIpc) is 3.17. The van der Waals surface area contributed by atoms with Crippen molar-refractivity contribution in [3.63, 3.8) is 0 Å². The van der Waals surface area contributed by atoms with Crippen LogP contribution in [-0.2, 0) is 23.0 Å². The van der Waals surface area contributed by atoms with Crippen molar-refractivity contribution in [1.82, 2.24) is 19.6 Å². The highest BCUT2D eigenvalue weighted by Crippen LogP contribution is 2.32. The van der Waals surface area contributed by atoms with Gasteiger partial charge in [-0.15, -0.1) is 0 Å². The van der Waals surface area contributed by atoms with E-state index in [2.05, 4.69) is 23.8 Å². The summed E-state index contributed by atoms with van der Waals surface area (Å²) < 4.78 is 8.04. The molecule has 0 N–H and O–H groups in total. The fourth-order valence-corrected chi connectivity index (χ4v) is 3.42. The van der Waals surface area contributed by atoms with E-state index in [-0.39, 0.29) is 18.1 Å². The third kappa shape index (κ3) is 4.82. The van der Waals surface area contributed by atoms with Crippen LogP contribution in [0.4, 0.5) is 0 Å². The van der Waals surface area contributed by atoms with Gasteiger partial charge in [-0.2, -0.15) is 5.10 Å². The molecular formula is C19H32N4O2. The van der Waals surface area contributed by atoms with Crippen LogP contribution >= 0.6 is 0 Å². The maximum atomic E-state index is 12.9. The molecule has 1 aliphatic heterocycles. The summed E-state index contributed by atoms with van der Waals surface area (Å²) in [5, 5.41) is 4.27. The molecule has 0 spiro atoms. The summed E-state index contributed by atoms with van der Waals surface area (Å²) in [6.45, 7) is 6.35. The van der Waals surface area contributed by atoms with Crippen LogP contribution in [0.3, 0.4) is 0 Å². The summed E-state index contributed by atoms with van der Waals surface area (Å²) in [5.74, 6) is 0.957. The Bertz CT molecular complexity index is 582. The fourth-order valence-electron chi connectivity index (χ4n) is 3.42. The maximum Gasteiger partial charge on any atom is 0.237 e. The van der Waals surface area contributed by atoms with Gasteiger partial charge in [0.1, 0.15) is 0 Å². The first-order chi connectivity index (χ1) is 11.9. The first-order valence-electron chi connectivity index (χ1n) is 9.53. The molecule has 6 nitrogen and oxygen atoms in total. The fraction of sp³-hybridized carbons (Fsp3) is 0.789. The van der Waals surface area contributed by atoms with Gasteiger partial charge in [-0.05, 0) is 58.1 Å². The van der Waals surface area contributed by atoms with E-state index in [1.54, 1.807) is 0 Å². The highest BCUT2D eigenvalue weighted by Gasteiger charge is 2.39. The van der Waals surface area contributed by atoms with Crippen molar-refractivity contribution in [2.45, 2.75) is 57.7 Å². The predicted octanol–water partition coefficient (Wildman–Crippen LogP) is 1.70. The van der Waals surface area contributed by atoms with E-state index in [0.29, 0.717) is 12.6 Å². The number of aromatic nitrogens is 2. The number of carbonyl (C=O) groups excluding carboxylic acids is 1. The van der Waals surface area contributed by atoms with Gasteiger partial charge in [-0.25, -0.2) is 0 Å². The number of carbonyl (C=O) groups is 1. The van der Waals surface area contributed by atoms with Gasteiger partial charge in [0, 0.05) is 32.4 Å². The van der Waals surface area contributed by atoms with Crippen molar-refractivity contribution in [1.29, 1.82) is 0 Å². The smallest absolute Gasteiger partial charge is 0.237 e. The molecule has 2 atom stereocenters. The Balaban J connectivity index is 1.67. The van der Waals surface area contributed by atoms with Crippen LogP contribution in [0, 0.1) is 5.92 Å². The van der Waals surface area contributed by atoms with E-state index in [9.17, 15) is 4.79 Å². The molecular weight excluding hydrogens is 316 g/mol. The third-order valence-corrected chi connectivity index (χ3v) is 5.52. The van der Waals surface area contributed by atoms with Crippen LogP contribution in [0.5, 0.6) is 0 Å². The van der Waals surface area contributed by atoms with Gasteiger partial charge in [-0.1, -0.05) is 0 Å². The predicted molar refractivity (Wildman–Crippen MR) is 97.3 cm³/mol. The molecule has 0 aromatic carbocycles. The van der Waals surface area contributed by atoms with Gasteiger partial charge >= 0.3 is 0 Å². The number of rotatable bonds is 8. The monoisotopic (exact) mass is 348 g/mol. The Morgan fingerprint density at radius 1 is 1.40 bits per heavy atom. The lowest BCUT2D eigenvalue weighted by Crippen LogP contribution is -2.46. The molecule has 1 saturated carbocycles. The number of aryl methyl sites for hydroxylation is 1. The van der Waals surface area contributed by atoms with E-state index in [0.717, 1.165) is 31.9 Å². The van der Waals surface area contributed by atoms with Crippen molar-refractivity contribution in [3.8, 4) is 0 Å². The highest BCUT2D eigenvalue weighted by atomic mass is 16.5. The minimum atomic E-state index is 0.121. The third-order valence-electron chi connectivity index (χ3n) is 5.52. The largest absolute Gasteiger partial charge is 0.376 e. The average molecular weight is 348 g/mol. The summed E-state index contributed by atoms with van der Waals surface area (Å²) in [4.78, 5) is 17.0. The van der Waals surface area contributed by atoms with Gasteiger partial charge < -0.3 is 9.64 Å². The van der Waals surface area contributed by atoms with Gasteiger partial charge in [0.15, 0.2) is 0 Å². The molecule has 1 aromatic rings. The molecule has 25 heavy (non-hydrogen) atoms. The molecule has 2 fully saturated rings. The molecule has 140 valence electrons. The Hall–Kier alpha value is -1.40. The zero-order chi connectivity index (χ0) is 18.0. The number of ether oxygens (including phenoxy) is 1. The van der Waals surface area contributed by atoms with Crippen molar-refractivity contribution in [3.05, 3.63) is 18.0 Å². The van der Waals surface area contributed by atoms with Gasteiger partial charge in [-0.3, -0.25) is 14.4 Å². The number of likely N-dealkylation sites (N-methyl/N-ethyl adjacent to an activating group) is 1. The Labute approximate surface area is 151 Å². The normalized spacial score (nSPS) is 23.8. The van der Waals surface area contributed by atoms with Crippen LogP contribution in [0.15, 0.2) is 12.4 Å². The van der Waals surface area contributed by atoms with Crippen LogP contribution < -0.4 is 0 Å². The first-order valence-corrected chi connectivity index (χ1v) is 9.53. The minimum Gasteiger partial charge on any atom is -0.376 e. The van der Waals surface area contributed by atoms with E-state index >= 15 is 0 Å². The number of hydrogen-bond donors (Lipinski definition) is 0. The SMILES string of the molecule is CC(C)N(C)CC(=O)N1CC[C@@H](OCC2CC2)[C@@H]1Cc1cnn(C)c1. The Kier molecular flexibility index (Phi) is 5.79. The van der Waals surface area contributed by atoms with E-state index < -0.39 is 0 Å². The molecule has 3 rings (SSSR count). The van der Waals surface area contributed by atoms with E-state index in [1.807, 2.05) is 36.1 Å². The summed E-state index contributed by atoms with van der Waals surface area (Å²) >= 11 is 0. The van der Waals surface area contributed by atoms with Gasteiger partial charge in [0.25, 0.3) is 0 Å². The minimum absolute atomic E-state index is 0.121. The lowest BCUT2D eigenvalue weighted by atomic mass is 10.0. The molecule has 1 amide bonds. The Morgan fingerprint density at radius 3 is 2.76 bits per heavy atom. The van der Waals surface area contributed by atoms with Crippen LogP contribution in [0.25, 0.3) is 0 Å². The molecule has 0 bridgehead atoms. The van der Waals surface area contributed by atoms with Crippen LogP contribution in [0.1, 0.15) is 38.7 Å². The zero-order valence-corrected chi connectivity index (χ0v) is 16.0. The lowest BCUT2D eigenvalue weighted by molar-refractivity contribution is -0.134. The van der Waals surface area contributed by atoms with Crippen molar-refractivity contribution in [2.75, 3.05) is 26.7 Å². The van der Waals surface area contributed by atoms with Crippen molar-refractivity contribution < 1.29 is 9.53 Å². The van der Waals surface area contributed by atoms with E-state index in [4.69, 9.17) is 4.74 Å².